The number of piperidine rings is 1. The molecule has 0 N–H and O–H groups in total. The molecule has 3 heterocycles. The summed E-state index contributed by atoms with van der Waals surface area (Å²) in [6.45, 7) is 6.42. The van der Waals surface area contributed by atoms with E-state index in [2.05, 4.69) is 18.7 Å². The summed E-state index contributed by atoms with van der Waals surface area (Å²) in [6.07, 6.45) is 6.46. The van der Waals surface area contributed by atoms with Gasteiger partial charge >= 0.3 is 0 Å². The van der Waals surface area contributed by atoms with Gasteiger partial charge in [0.15, 0.2) is 5.78 Å². The van der Waals surface area contributed by atoms with E-state index in [0.29, 0.717) is 18.5 Å². The van der Waals surface area contributed by atoms with Gasteiger partial charge in [0.1, 0.15) is 5.76 Å². The number of ketones is 1. The maximum absolute atomic E-state index is 12.7. The van der Waals surface area contributed by atoms with Crippen LogP contribution in [0.15, 0.2) is 22.8 Å². The lowest BCUT2D eigenvalue weighted by Crippen LogP contribution is -2.45. The Morgan fingerprint density at radius 3 is 2.60 bits per heavy atom. The van der Waals surface area contributed by atoms with Crippen molar-refractivity contribution < 1.29 is 9.21 Å². The highest BCUT2D eigenvalue weighted by molar-refractivity contribution is 5.99. The second-order valence-corrected chi connectivity index (χ2v) is 7.51. The van der Waals surface area contributed by atoms with Gasteiger partial charge in [-0.3, -0.25) is 4.79 Å². The van der Waals surface area contributed by atoms with Crippen molar-refractivity contribution in [1.29, 1.82) is 0 Å². The third kappa shape index (κ3) is 2.86. The Kier molecular flexibility index (Phi) is 4.10. The van der Waals surface area contributed by atoms with Gasteiger partial charge in [0.05, 0.1) is 23.2 Å². The van der Waals surface area contributed by atoms with Gasteiger partial charge in [-0.2, -0.15) is 0 Å². The molecule has 3 atom stereocenters. The summed E-state index contributed by atoms with van der Waals surface area (Å²) in [4.78, 5) is 24.6. The lowest BCUT2D eigenvalue weighted by Gasteiger charge is -2.39. The Hall–Kier alpha value is -2.17. The van der Waals surface area contributed by atoms with Gasteiger partial charge < -0.3 is 9.32 Å². The SMILES string of the molecule is Cc1nc(N2C(C)CCCC2C)nc2c1C(=O)CC(c1ccco1)C2. The van der Waals surface area contributed by atoms with E-state index in [1.54, 1.807) is 6.26 Å². The number of carbonyl (C=O) groups excluding carboxylic acids is 1. The van der Waals surface area contributed by atoms with Crippen LogP contribution < -0.4 is 4.90 Å². The Bertz CT molecular complexity index is 774. The molecule has 3 unspecified atom stereocenters. The fourth-order valence-corrected chi connectivity index (χ4v) is 4.41. The van der Waals surface area contributed by atoms with E-state index in [4.69, 9.17) is 14.4 Å². The van der Waals surface area contributed by atoms with Gasteiger partial charge in [-0.05, 0) is 52.2 Å². The fraction of sp³-hybridized carbons (Fsp3) is 0.550. The minimum absolute atomic E-state index is 0.0772. The fourth-order valence-electron chi connectivity index (χ4n) is 4.41. The summed E-state index contributed by atoms with van der Waals surface area (Å²) in [5.41, 5.74) is 2.42. The zero-order valence-electron chi connectivity index (χ0n) is 15.2. The van der Waals surface area contributed by atoms with Crippen LogP contribution in [0.4, 0.5) is 5.95 Å². The number of hydrogen-bond acceptors (Lipinski definition) is 5. The number of Topliss-reactive ketones (excluding diaryl/α,β-unsaturated/α-hetero) is 1. The van der Waals surface area contributed by atoms with Crippen molar-refractivity contribution in [1.82, 2.24) is 9.97 Å². The number of furan rings is 1. The first-order valence-corrected chi connectivity index (χ1v) is 9.27. The average Bonchev–Trinajstić information content (AvgIpc) is 3.08. The molecule has 1 fully saturated rings. The molecule has 4 rings (SSSR count). The van der Waals surface area contributed by atoms with E-state index >= 15 is 0 Å². The molecule has 2 aromatic heterocycles. The number of fused-ring (bicyclic) bond motifs is 1. The Balaban J connectivity index is 1.73. The number of aryl methyl sites for hydroxylation is 1. The topological polar surface area (TPSA) is 59.2 Å². The molecular formula is C20H25N3O2. The van der Waals surface area contributed by atoms with Crippen LogP contribution in [0.3, 0.4) is 0 Å². The van der Waals surface area contributed by atoms with Gasteiger partial charge in [0.2, 0.25) is 5.95 Å². The van der Waals surface area contributed by atoms with Crippen LogP contribution in [0.1, 0.15) is 73.0 Å². The first-order valence-electron chi connectivity index (χ1n) is 9.27. The highest BCUT2D eigenvalue weighted by atomic mass is 16.3. The largest absolute Gasteiger partial charge is 0.469 e. The number of anilines is 1. The average molecular weight is 339 g/mol. The molecule has 0 bridgehead atoms. The molecule has 0 amide bonds. The number of rotatable bonds is 2. The second-order valence-electron chi connectivity index (χ2n) is 7.51. The summed E-state index contributed by atoms with van der Waals surface area (Å²) >= 11 is 0. The standard InChI is InChI=1S/C20H25N3O2/c1-12-6-4-7-13(2)23(12)20-21-14(3)19-16(22-20)10-15(11-17(19)24)18-8-5-9-25-18/h5,8-9,12-13,15H,4,6-7,10-11H2,1-3H3. The zero-order valence-corrected chi connectivity index (χ0v) is 15.2. The molecule has 5 heteroatoms. The summed E-state index contributed by atoms with van der Waals surface area (Å²) in [7, 11) is 0. The van der Waals surface area contributed by atoms with E-state index < -0.39 is 0 Å². The smallest absolute Gasteiger partial charge is 0.226 e. The van der Waals surface area contributed by atoms with Gasteiger partial charge in [-0.25, -0.2) is 9.97 Å². The highest BCUT2D eigenvalue weighted by Crippen LogP contribution is 2.35. The first-order chi connectivity index (χ1) is 12.0. The quantitative estimate of drug-likeness (QED) is 0.826. The van der Waals surface area contributed by atoms with Crippen LogP contribution in [-0.2, 0) is 6.42 Å². The molecule has 1 aliphatic carbocycles. The predicted molar refractivity (Wildman–Crippen MR) is 96.1 cm³/mol. The summed E-state index contributed by atoms with van der Waals surface area (Å²) in [5, 5.41) is 0. The molecule has 0 saturated carbocycles. The molecular weight excluding hydrogens is 314 g/mol. The minimum Gasteiger partial charge on any atom is -0.469 e. The van der Waals surface area contributed by atoms with Crippen molar-refractivity contribution >= 4 is 11.7 Å². The first kappa shape index (κ1) is 16.3. The maximum Gasteiger partial charge on any atom is 0.226 e. The van der Waals surface area contributed by atoms with Crippen molar-refractivity contribution in [3.8, 4) is 0 Å². The lowest BCUT2D eigenvalue weighted by molar-refractivity contribution is 0.0958. The van der Waals surface area contributed by atoms with Crippen molar-refractivity contribution in [2.75, 3.05) is 4.90 Å². The summed E-state index contributed by atoms with van der Waals surface area (Å²) in [5.74, 6) is 1.86. The number of aromatic nitrogens is 2. The van der Waals surface area contributed by atoms with Crippen LogP contribution in [0, 0.1) is 6.92 Å². The van der Waals surface area contributed by atoms with Gasteiger partial charge in [-0.1, -0.05) is 0 Å². The summed E-state index contributed by atoms with van der Waals surface area (Å²) < 4.78 is 5.54. The zero-order chi connectivity index (χ0) is 17.6. The van der Waals surface area contributed by atoms with Gasteiger partial charge in [-0.15, -0.1) is 0 Å². The van der Waals surface area contributed by atoms with E-state index in [1.807, 2.05) is 19.1 Å². The van der Waals surface area contributed by atoms with E-state index in [0.717, 1.165) is 47.9 Å². The van der Waals surface area contributed by atoms with Crippen molar-refractivity contribution in [3.63, 3.8) is 0 Å². The van der Waals surface area contributed by atoms with Crippen LogP contribution in [-0.4, -0.2) is 27.8 Å². The molecule has 25 heavy (non-hydrogen) atoms. The van der Waals surface area contributed by atoms with Gasteiger partial charge in [0.25, 0.3) is 0 Å². The number of nitrogens with zero attached hydrogens (tertiary/aromatic N) is 3. The third-order valence-electron chi connectivity index (χ3n) is 5.67. The second kappa shape index (κ2) is 6.28. The van der Waals surface area contributed by atoms with E-state index in [-0.39, 0.29) is 11.7 Å². The monoisotopic (exact) mass is 339 g/mol. The van der Waals surface area contributed by atoms with Crippen LogP contribution in [0.5, 0.6) is 0 Å². The van der Waals surface area contributed by atoms with Crippen LogP contribution >= 0.6 is 0 Å². The van der Waals surface area contributed by atoms with Crippen molar-refractivity contribution in [3.05, 3.63) is 41.1 Å². The lowest BCUT2D eigenvalue weighted by atomic mass is 9.84. The van der Waals surface area contributed by atoms with E-state index in [9.17, 15) is 4.79 Å². The van der Waals surface area contributed by atoms with Gasteiger partial charge in [0, 0.05) is 30.8 Å². The van der Waals surface area contributed by atoms with Crippen molar-refractivity contribution in [2.24, 2.45) is 0 Å². The minimum atomic E-state index is 0.0772. The van der Waals surface area contributed by atoms with Crippen LogP contribution in [0.25, 0.3) is 0 Å². The molecule has 5 nitrogen and oxygen atoms in total. The van der Waals surface area contributed by atoms with E-state index in [1.165, 1.54) is 6.42 Å². The molecule has 2 aliphatic rings. The third-order valence-corrected chi connectivity index (χ3v) is 5.67. The normalized spacial score (nSPS) is 26.6. The Labute approximate surface area is 148 Å². The Morgan fingerprint density at radius 1 is 1.16 bits per heavy atom. The Morgan fingerprint density at radius 2 is 1.92 bits per heavy atom. The summed E-state index contributed by atoms with van der Waals surface area (Å²) in [6, 6.07) is 4.69. The highest BCUT2D eigenvalue weighted by Gasteiger charge is 2.33. The molecule has 1 aliphatic heterocycles. The molecule has 0 aromatic carbocycles. The van der Waals surface area contributed by atoms with Crippen molar-refractivity contribution in [2.45, 2.75) is 70.9 Å². The van der Waals surface area contributed by atoms with Crippen LogP contribution in [0.2, 0.25) is 0 Å². The molecule has 132 valence electrons. The molecule has 0 spiro atoms. The molecule has 2 aromatic rings. The number of carbonyl (C=O) groups is 1. The predicted octanol–water partition coefficient (Wildman–Crippen LogP) is 4.06. The molecule has 1 saturated heterocycles. The maximum atomic E-state index is 12.7. The number of hydrogen-bond donors (Lipinski definition) is 0. The molecule has 0 radical (unpaired) electrons.